The minimum atomic E-state index is -3.34. The van der Waals surface area contributed by atoms with Crippen molar-refractivity contribution in [3.63, 3.8) is 0 Å². The molecule has 3 aromatic rings. The molecule has 0 atom stereocenters. The summed E-state index contributed by atoms with van der Waals surface area (Å²) in [5, 5.41) is 2.89. The van der Waals surface area contributed by atoms with E-state index in [4.69, 9.17) is 4.74 Å². The summed E-state index contributed by atoms with van der Waals surface area (Å²) in [5.74, 6) is 0.595. The summed E-state index contributed by atoms with van der Waals surface area (Å²) < 4.78 is 44.0. The van der Waals surface area contributed by atoms with E-state index in [1.165, 1.54) is 22.7 Å². The van der Waals surface area contributed by atoms with Crippen molar-refractivity contribution in [2.24, 2.45) is 0 Å². The third-order valence-corrected chi connectivity index (χ3v) is 6.42. The maximum absolute atomic E-state index is 13.0. The van der Waals surface area contributed by atoms with Gasteiger partial charge in [0.1, 0.15) is 17.3 Å². The number of fused-ring (bicyclic) bond motifs is 1. The summed E-state index contributed by atoms with van der Waals surface area (Å²) in [4.78, 5) is 12.6. The molecule has 4 rings (SSSR count). The maximum atomic E-state index is 13.0. The number of hydrogen-bond donors (Lipinski definition) is 1. The highest BCUT2D eigenvalue weighted by Crippen LogP contribution is 2.30. The molecule has 32 heavy (non-hydrogen) atoms. The molecule has 0 bridgehead atoms. The van der Waals surface area contributed by atoms with Gasteiger partial charge in [0.05, 0.1) is 11.9 Å². The molecule has 1 N–H and O–H groups in total. The first kappa shape index (κ1) is 21.8. The van der Waals surface area contributed by atoms with Crippen LogP contribution in [-0.2, 0) is 23.0 Å². The zero-order chi connectivity index (χ0) is 22.7. The van der Waals surface area contributed by atoms with Crippen molar-refractivity contribution in [1.29, 1.82) is 0 Å². The van der Waals surface area contributed by atoms with Crippen molar-refractivity contribution < 1.29 is 22.3 Å². The number of ether oxygens (including phenoxy) is 1. The number of nitrogens with one attached hydrogen (secondary N) is 1. The Labute approximate surface area is 186 Å². The first-order chi connectivity index (χ1) is 15.3. The Morgan fingerprint density at radius 3 is 2.34 bits per heavy atom. The van der Waals surface area contributed by atoms with Crippen LogP contribution in [0.4, 0.5) is 10.1 Å². The van der Waals surface area contributed by atoms with Crippen molar-refractivity contribution >= 4 is 21.6 Å². The highest BCUT2D eigenvalue weighted by atomic mass is 32.2. The molecule has 0 fully saturated rings. The fourth-order valence-corrected chi connectivity index (χ4v) is 4.64. The summed E-state index contributed by atoms with van der Waals surface area (Å²) in [6.07, 6.45) is 2.65. The molecule has 1 aliphatic rings. The van der Waals surface area contributed by atoms with Crippen LogP contribution < -0.4 is 14.4 Å². The average molecular weight is 455 g/mol. The van der Waals surface area contributed by atoms with Crippen LogP contribution in [0.5, 0.6) is 11.5 Å². The van der Waals surface area contributed by atoms with Crippen molar-refractivity contribution in [3.05, 3.63) is 89.2 Å². The number of carbonyl (C=O) groups excluding carboxylic acids is 1. The van der Waals surface area contributed by atoms with Crippen LogP contribution in [0.2, 0.25) is 0 Å². The normalized spacial score (nSPS) is 13.4. The quantitative estimate of drug-likeness (QED) is 0.604. The fraction of sp³-hybridized carbons (Fsp3) is 0.208. The highest BCUT2D eigenvalue weighted by Gasteiger charge is 2.24. The van der Waals surface area contributed by atoms with Gasteiger partial charge in [-0.25, -0.2) is 12.8 Å². The Kier molecular flexibility index (Phi) is 6.14. The molecular weight excluding hydrogens is 431 g/mol. The van der Waals surface area contributed by atoms with Gasteiger partial charge in [0.2, 0.25) is 10.0 Å². The van der Waals surface area contributed by atoms with Gasteiger partial charge in [-0.1, -0.05) is 12.1 Å². The summed E-state index contributed by atoms with van der Waals surface area (Å²) in [6.45, 7) is 0.792. The Morgan fingerprint density at radius 2 is 1.69 bits per heavy atom. The zero-order valence-electron chi connectivity index (χ0n) is 17.5. The maximum Gasteiger partial charge on any atom is 0.251 e. The number of sulfonamides is 1. The number of nitrogens with zero attached hydrogens (tertiary/aromatic N) is 1. The lowest BCUT2D eigenvalue weighted by Crippen LogP contribution is -2.34. The summed E-state index contributed by atoms with van der Waals surface area (Å²) in [7, 11) is -3.34. The Hall–Kier alpha value is -3.39. The summed E-state index contributed by atoms with van der Waals surface area (Å²) >= 11 is 0. The molecule has 0 saturated carbocycles. The van der Waals surface area contributed by atoms with Crippen LogP contribution in [0.15, 0.2) is 66.7 Å². The Bertz CT molecular complexity index is 1230. The van der Waals surface area contributed by atoms with E-state index in [0.717, 1.165) is 24.0 Å². The molecule has 0 aliphatic carbocycles. The predicted molar refractivity (Wildman–Crippen MR) is 121 cm³/mol. The van der Waals surface area contributed by atoms with Gasteiger partial charge in [-0.2, -0.15) is 0 Å². The fourth-order valence-electron chi connectivity index (χ4n) is 3.65. The molecule has 0 radical (unpaired) electrons. The van der Waals surface area contributed by atoms with Crippen LogP contribution in [0.1, 0.15) is 27.9 Å². The summed E-state index contributed by atoms with van der Waals surface area (Å²) in [5.41, 5.74) is 2.89. The molecule has 166 valence electrons. The van der Waals surface area contributed by atoms with Crippen LogP contribution in [-0.4, -0.2) is 27.1 Å². The van der Waals surface area contributed by atoms with Crippen molar-refractivity contribution in [2.45, 2.75) is 19.4 Å². The smallest absolute Gasteiger partial charge is 0.251 e. The van der Waals surface area contributed by atoms with E-state index >= 15 is 0 Å². The Morgan fingerprint density at radius 1 is 1.03 bits per heavy atom. The zero-order valence-corrected chi connectivity index (χ0v) is 18.4. The lowest BCUT2D eigenvalue weighted by molar-refractivity contribution is 0.0951. The number of aryl methyl sites for hydroxylation is 1. The second-order valence-electron chi connectivity index (χ2n) is 7.66. The highest BCUT2D eigenvalue weighted by molar-refractivity contribution is 7.92. The van der Waals surface area contributed by atoms with Gasteiger partial charge in [-0.05, 0) is 78.6 Å². The van der Waals surface area contributed by atoms with Gasteiger partial charge in [-0.3, -0.25) is 9.10 Å². The Balaban J connectivity index is 1.38. The molecule has 0 spiro atoms. The van der Waals surface area contributed by atoms with Crippen LogP contribution >= 0.6 is 0 Å². The van der Waals surface area contributed by atoms with Crippen molar-refractivity contribution in [2.75, 3.05) is 17.1 Å². The molecule has 0 aromatic heterocycles. The molecule has 0 unspecified atom stereocenters. The van der Waals surface area contributed by atoms with E-state index in [-0.39, 0.29) is 11.7 Å². The van der Waals surface area contributed by atoms with Gasteiger partial charge in [0.25, 0.3) is 5.91 Å². The minimum absolute atomic E-state index is 0.226. The van der Waals surface area contributed by atoms with E-state index in [1.807, 2.05) is 12.1 Å². The number of rotatable bonds is 6. The van der Waals surface area contributed by atoms with E-state index in [9.17, 15) is 17.6 Å². The number of benzene rings is 3. The van der Waals surface area contributed by atoms with Gasteiger partial charge in [0, 0.05) is 18.7 Å². The number of hydrogen-bond acceptors (Lipinski definition) is 4. The second kappa shape index (κ2) is 9.00. The van der Waals surface area contributed by atoms with Gasteiger partial charge >= 0.3 is 0 Å². The van der Waals surface area contributed by atoms with E-state index < -0.39 is 10.0 Å². The van der Waals surface area contributed by atoms with Crippen LogP contribution in [0.25, 0.3) is 0 Å². The first-order valence-electron chi connectivity index (χ1n) is 10.2. The molecule has 3 aromatic carbocycles. The molecule has 0 saturated heterocycles. The first-order valence-corrected chi connectivity index (χ1v) is 12.1. The lowest BCUT2D eigenvalue weighted by Gasteiger charge is -2.29. The minimum Gasteiger partial charge on any atom is -0.457 e. The van der Waals surface area contributed by atoms with Crippen molar-refractivity contribution in [1.82, 2.24) is 5.32 Å². The monoisotopic (exact) mass is 454 g/mol. The number of halogens is 1. The molecule has 1 aliphatic heterocycles. The SMILES string of the molecule is CS(=O)(=O)N1CCCc2cc(C(=O)NCc3ccc(Oc4ccc(F)cc4)cc3)ccc21. The van der Waals surface area contributed by atoms with Gasteiger partial charge in [-0.15, -0.1) is 0 Å². The van der Waals surface area contributed by atoms with Crippen LogP contribution in [0, 0.1) is 5.82 Å². The lowest BCUT2D eigenvalue weighted by atomic mass is 10.0. The van der Waals surface area contributed by atoms with E-state index in [0.29, 0.717) is 35.8 Å². The van der Waals surface area contributed by atoms with E-state index in [2.05, 4.69) is 5.32 Å². The molecule has 6 nitrogen and oxygen atoms in total. The molecule has 8 heteroatoms. The molecule has 1 amide bonds. The van der Waals surface area contributed by atoms with Crippen LogP contribution in [0.3, 0.4) is 0 Å². The third kappa shape index (κ3) is 5.08. The standard InChI is InChI=1S/C24H23FN2O4S/c1-32(29,30)27-14-2-3-18-15-19(6-13-23(18)27)24(28)26-16-17-4-9-21(10-5-17)31-22-11-7-20(25)8-12-22/h4-13,15H,2-3,14,16H2,1H3,(H,26,28). The molecular formula is C24H23FN2O4S. The number of amides is 1. The number of carbonyl (C=O) groups is 1. The van der Waals surface area contributed by atoms with Gasteiger partial charge in [0.15, 0.2) is 0 Å². The average Bonchev–Trinajstić information content (AvgIpc) is 2.78. The second-order valence-corrected chi connectivity index (χ2v) is 9.57. The third-order valence-electron chi connectivity index (χ3n) is 5.24. The molecule has 1 heterocycles. The number of anilines is 1. The summed E-state index contributed by atoms with van der Waals surface area (Å²) in [6, 6.07) is 18.1. The largest absolute Gasteiger partial charge is 0.457 e. The van der Waals surface area contributed by atoms with Crippen molar-refractivity contribution in [3.8, 4) is 11.5 Å². The predicted octanol–water partition coefficient (Wildman–Crippen LogP) is 4.26. The van der Waals surface area contributed by atoms with Gasteiger partial charge < -0.3 is 10.1 Å². The topological polar surface area (TPSA) is 75.7 Å². The van der Waals surface area contributed by atoms with E-state index in [1.54, 1.807) is 42.5 Å².